The van der Waals surface area contributed by atoms with Crippen molar-refractivity contribution in [1.82, 2.24) is 9.55 Å². The summed E-state index contributed by atoms with van der Waals surface area (Å²) in [5.74, 6) is -0.0107. The zero-order chi connectivity index (χ0) is 28.6. The van der Waals surface area contributed by atoms with Crippen molar-refractivity contribution in [3.8, 4) is 17.2 Å². The minimum absolute atomic E-state index is 0.142. The molecule has 0 fully saturated rings. The molecule has 208 valence electrons. The molecule has 0 saturated carbocycles. The number of hydrogen-bond acceptors (Lipinski definition) is 8. The third-order valence-electron chi connectivity index (χ3n) is 5.92. The first kappa shape index (κ1) is 28.1. The molecular weight excluding hydrogens is 519 g/mol. The molecule has 1 amide bonds. The lowest BCUT2D eigenvalue weighted by Gasteiger charge is -2.16. The number of nitrogens with zero attached hydrogens (tertiary/aromatic N) is 3. The molecular formula is C29H29FN4O6. The van der Waals surface area contributed by atoms with Crippen LogP contribution in [0.3, 0.4) is 0 Å². The highest BCUT2D eigenvalue weighted by molar-refractivity contribution is 5.96. The van der Waals surface area contributed by atoms with Crippen molar-refractivity contribution >= 4 is 34.2 Å². The molecule has 0 radical (unpaired) electrons. The molecule has 40 heavy (non-hydrogen) atoms. The Hall–Kier alpha value is -4.93. The Bertz CT molecular complexity index is 1570. The van der Waals surface area contributed by atoms with E-state index in [9.17, 15) is 18.8 Å². The van der Waals surface area contributed by atoms with Crippen LogP contribution in [0.5, 0.6) is 17.2 Å². The SMILES string of the molecule is COC(=O)Cn1cnc2cc(NC(=O)CCCOc3ccc(F)cc3)c(Oc3cccc(N(C)C)c3)cc2c1=O. The minimum Gasteiger partial charge on any atom is -0.494 e. The monoisotopic (exact) mass is 548 g/mol. The van der Waals surface area contributed by atoms with E-state index >= 15 is 0 Å². The van der Waals surface area contributed by atoms with Crippen LogP contribution < -0.4 is 25.2 Å². The summed E-state index contributed by atoms with van der Waals surface area (Å²) in [6, 6.07) is 16.0. The smallest absolute Gasteiger partial charge is 0.325 e. The highest BCUT2D eigenvalue weighted by atomic mass is 19.1. The standard InChI is InChI=1S/C29H29FN4O6/c1-33(2)20-6-4-7-22(14-20)40-26-15-23-24(31-18-34(29(23)37)17-28(36)38-3)16-25(26)32-27(35)8-5-13-39-21-11-9-19(30)10-12-21/h4,6-7,9-12,14-16,18H,5,8,13,17H2,1-3H3,(H,32,35). The maximum absolute atomic E-state index is 13.1. The van der Waals surface area contributed by atoms with Gasteiger partial charge in [-0.1, -0.05) is 6.07 Å². The molecule has 10 nitrogen and oxygen atoms in total. The van der Waals surface area contributed by atoms with Gasteiger partial charge < -0.3 is 24.4 Å². The molecule has 4 aromatic rings. The van der Waals surface area contributed by atoms with Gasteiger partial charge in [0.05, 0.1) is 36.6 Å². The van der Waals surface area contributed by atoms with E-state index in [1.54, 1.807) is 12.1 Å². The van der Waals surface area contributed by atoms with Gasteiger partial charge in [-0.15, -0.1) is 0 Å². The molecule has 11 heteroatoms. The van der Waals surface area contributed by atoms with Crippen LogP contribution in [-0.4, -0.2) is 49.2 Å². The lowest BCUT2D eigenvalue weighted by molar-refractivity contribution is -0.141. The summed E-state index contributed by atoms with van der Waals surface area (Å²) in [6.45, 7) is -0.0312. The Morgan fingerprint density at radius 2 is 1.82 bits per heavy atom. The normalized spacial score (nSPS) is 10.7. The second kappa shape index (κ2) is 12.7. The topological polar surface area (TPSA) is 112 Å². The summed E-state index contributed by atoms with van der Waals surface area (Å²) in [7, 11) is 5.03. The summed E-state index contributed by atoms with van der Waals surface area (Å²) >= 11 is 0. The van der Waals surface area contributed by atoms with Gasteiger partial charge in [-0.05, 0) is 55.0 Å². The molecule has 0 aliphatic rings. The van der Waals surface area contributed by atoms with Crippen molar-refractivity contribution in [1.29, 1.82) is 0 Å². The Morgan fingerprint density at radius 3 is 2.55 bits per heavy atom. The largest absolute Gasteiger partial charge is 0.494 e. The molecule has 0 spiro atoms. The van der Waals surface area contributed by atoms with E-state index < -0.39 is 11.5 Å². The maximum Gasteiger partial charge on any atom is 0.325 e. The summed E-state index contributed by atoms with van der Waals surface area (Å²) in [4.78, 5) is 43.9. The van der Waals surface area contributed by atoms with E-state index in [-0.39, 0.29) is 42.4 Å². The Labute approximate surface area is 229 Å². The highest BCUT2D eigenvalue weighted by Gasteiger charge is 2.16. The van der Waals surface area contributed by atoms with Crippen LogP contribution in [0.2, 0.25) is 0 Å². The number of benzene rings is 3. The minimum atomic E-state index is -0.590. The van der Waals surface area contributed by atoms with E-state index in [1.807, 2.05) is 37.2 Å². The predicted molar refractivity (Wildman–Crippen MR) is 149 cm³/mol. The number of esters is 1. The number of fused-ring (bicyclic) bond motifs is 1. The highest BCUT2D eigenvalue weighted by Crippen LogP contribution is 2.34. The summed E-state index contributed by atoms with van der Waals surface area (Å²) < 4.78 is 30.6. The van der Waals surface area contributed by atoms with Gasteiger partial charge in [-0.3, -0.25) is 19.0 Å². The van der Waals surface area contributed by atoms with E-state index in [0.29, 0.717) is 29.1 Å². The molecule has 0 bridgehead atoms. The number of ether oxygens (including phenoxy) is 3. The molecule has 0 aliphatic carbocycles. The number of halogens is 1. The van der Waals surface area contributed by atoms with Crippen LogP contribution in [0.1, 0.15) is 12.8 Å². The van der Waals surface area contributed by atoms with E-state index in [1.165, 1.54) is 43.8 Å². The molecule has 3 aromatic carbocycles. The van der Waals surface area contributed by atoms with E-state index in [0.717, 1.165) is 10.3 Å². The van der Waals surface area contributed by atoms with Crippen molar-refractivity contribution in [2.24, 2.45) is 0 Å². The number of amides is 1. The summed E-state index contributed by atoms with van der Waals surface area (Å²) in [6.07, 6.45) is 1.80. The second-order valence-corrected chi connectivity index (χ2v) is 9.07. The van der Waals surface area contributed by atoms with Gasteiger partial charge in [0.15, 0.2) is 5.75 Å². The summed E-state index contributed by atoms with van der Waals surface area (Å²) in [5, 5.41) is 3.04. The number of aromatic nitrogens is 2. The zero-order valence-corrected chi connectivity index (χ0v) is 22.3. The lowest BCUT2D eigenvalue weighted by atomic mass is 10.2. The molecule has 0 unspecified atom stereocenters. The van der Waals surface area contributed by atoms with Crippen LogP contribution in [0.15, 0.2) is 71.8 Å². The van der Waals surface area contributed by atoms with Gasteiger partial charge in [0.25, 0.3) is 5.56 Å². The first-order valence-corrected chi connectivity index (χ1v) is 12.5. The zero-order valence-electron chi connectivity index (χ0n) is 22.3. The second-order valence-electron chi connectivity index (χ2n) is 9.07. The number of nitrogens with one attached hydrogen (secondary N) is 1. The van der Waals surface area contributed by atoms with Gasteiger partial charge in [-0.25, -0.2) is 9.37 Å². The first-order valence-electron chi connectivity index (χ1n) is 12.5. The van der Waals surface area contributed by atoms with Gasteiger partial charge >= 0.3 is 5.97 Å². The quantitative estimate of drug-likeness (QED) is 0.217. The van der Waals surface area contributed by atoms with Crippen LogP contribution in [-0.2, 0) is 20.9 Å². The van der Waals surface area contributed by atoms with Crippen molar-refractivity contribution < 1.29 is 28.2 Å². The predicted octanol–water partition coefficient (Wildman–Crippen LogP) is 4.36. The average molecular weight is 549 g/mol. The van der Waals surface area contributed by atoms with Crippen molar-refractivity contribution in [2.45, 2.75) is 19.4 Å². The third kappa shape index (κ3) is 7.13. The fraction of sp³-hybridized carbons (Fsp3) is 0.241. The van der Waals surface area contributed by atoms with Crippen LogP contribution in [0.4, 0.5) is 15.8 Å². The Balaban J connectivity index is 1.57. The number of rotatable bonds is 11. The maximum atomic E-state index is 13.1. The molecule has 0 saturated heterocycles. The number of carbonyl (C=O) groups is 2. The molecule has 0 atom stereocenters. The van der Waals surface area contributed by atoms with Crippen LogP contribution in [0.25, 0.3) is 10.9 Å². The third-order valence-corrected chi connectivity index (χ3v) is 5.92. The van der Waals surface area contributed by atoms with Crippen molar-refractivity contribution in [2.75, 3.05) is 38.0 Å². The number of carbonyl (C=O) groups excluding carboxylic acids is 2. The molecule has 4 rings (SSSR count). The van der Waals surface area contributed by atoms with Gasteiger partial charge in [0.1, 0.15) is 23.9 Å². The molecule has 0 aliphatic heterocycles. The number of methoxy groups -OCH3 is 1. The fourth-order valence-electron chi connectivity index (χ4n) is 3.80. The van der Waals surface area contributed by atoms with Crippen molar-refractivity contribution in [3.63, 3.8) is 0 Å². The lowest BCUT2D eigenvalue weighted by Crippen LogP contribution is -2.25. The molecule has 1 aromatic heterocycles. The van der Waals surface area contributed by atoms with Gasteiger partial charge in [-0.2, -0.15) is 0 Å². The van der Waals surface area contributed by atoms with E-state index in [2.05, 4.69) is 15.0 Å². The number of hydrogen-bond donors (Lipinski definition) is 1. The molecule has 1 heterocycles. The van der Waals surface area contributed by atoms with Crippen molar-refractivity contribution in [3.05, 3.63) is 83.2 Å². The fourth-order valence-corrected chi connectivity index (χ4v) is 3.80. The van der Waals surface area contributed by atoms with Gasteiger partial charge in [0.2, 0.25) is 5.91 Å². The Morgan fingerprint density at radius 1 is 1.05 bits per heavy atom. The average Bonchev–Trinajstić information content (AvgIpc) is 2.94. The van der Waals surface area contributed by atoms with Gasteiger partial charge in [0, 0.05) is 32.3 Å². The van der Waals surface area contributed by atoms with E-state index in [4.69, 9.17) is 9.47 Å². The molecule has 1 N–H and O–H groups in total. The number of anilines is 2. The summed E-state index contributed by atoms with van der Waals surface area (Å²) in [5.41, 5.74) is 1.07. The Kier molecular flexibility index (Phi) is 8.95. The van der Waals surface area contributed by atoms with Crippen LogP contribution >= 0.6 is 0 Å². The van der Waals surface area contributed by atoms with Crippen LogP contribution in [0, 0.1) is 5.82 Å². The first-order chi connectivity index (χ1) is 19.2.